The van der Waals surface area contributed by atoms with E-state index in [1.54, 1.807) is 25.3 Å². The Hall–Kier alpha value is -2.24. The van der Waals surface area contributed by atoms with Crippen LogP contribution in [0.15, 0.2) is 24.3 Å². The number of ether oxygens (including phenoxy) is 5. The predicted molar refractivity (Wildman–Crippen MR) is 152 cm³/mol. The molecule has 0 radical (unpaired) electrons. The molecule has 1 unspecified atom stereocenters. The van der Waals surface area contributed by atoms with Gasteiger partial charge in [0.15, 0.2) is 11.6 Å². The molecule has 0 amide bonds. The monoisotopic (exact) mass is 592 g/mol. The number of phenolic OH excluding ortho intramolecular Hbond substituents is 1. The van der Waals surface area contributed by atoms with Crippen molar-refractivity contribution >= 4 is 11.9 Å². The Kier molecular flexibility index (Phi) is 9.65. The van der Waals surface area contributed by atoms with E-state index in [1.165, 1.54) is 6.92 Å². The lowest BCUT2D eigenvalue weighted by atomic mass is 9.66. The molecule has 3 bridgehead atoms. The molecule has 3 aliphatic heterocycles. The number of rotatable bonds is 7. The topological polar surface area (TPSA) is 141 Å². The Labute approximate surface area is 248 Å². The number of carbonyl (C=O) groups is 2. The highest BCUT2D eigenvalue weighted by Crippen LogP contribution is 2.57. The summed E-state index contributed by atoms with van der Waals surface area (Å²) in [5, 5.41) is 32.0. The van der Waals surface area contributed by atoms with Crippen molar-refractivity contribution in [1.82, 2.24) is 0 Å². The molecule has 3 fully saturated rings. The molecule has 10 heteroatoms. The quantitative estimate of drug-likeness (QED) is 0.391. The van der Waals surface area contributed by atoms with Gasteiger partial charge in [-0.05, 0) is 49.8 Å². The van der Waals surface area contributed by atoms with E-state index in [2.05, 4.69) is 6.92 Å². The number of aliphatic hydroxyl groups excluding tert-OH is 1. The molecule has 3 heterocycles. The van der Waals surface area contributed by atoms with Crippen molar-refractivity contribution in [2.75, 3.05) is 7.11 Å². The third-order valence-corrected chi connectivity index (χ3v) is 9.70. The molecule has 1 spiro atoms. The Bertz CT molecular complexity index is 1120. The second kappa shape index (κ2) is 12.4. The Balaban J connectivity index is 1.66. The van der Waals surface area contributed by atoms with E-state index in [-0.39, 0.29) is 36.5 Å². The molecule has 10 atom stereocenters. The van der Waals surface area contributed by atoms with Crippen molar-refractivity contribution in [1.29, 1.82) is 0 Å². The standard InChI is InChI=1S/C32H48O10/c1-18(11-12-24(38-7)22-9-8-10-23(34)13-22)29-20(3)26-16-32(41-29)30(5,6)15-19(2)31(37,42-32)17-28(36)39-25(21(4)33)14-27(35)40-26/h8-10,13,18-21,24-26,29,33-34,37H,11-12,14-17H2,1-7H3/t18-,19+,20-,21?,24-,25+,26-,29+,31-,32-/m0/s1. The SMILES string of the molecule is CO[C@@H](CC[C@H](C)[C@H]1O[C@@]23C[C@H](OC(=O)C[C@H](C(C)O)OC(=O)C[C@](O)(O2)[C@H](C)CC3(C)C)[C@@H]1C)c1cccc(O)c1. The Morgan fingerprint density at radius 1 is 1.07 bits per heavy atom. The van der Waals surface area contributed by atoms with E-state index in [0.717, 1.165) is 5.56 Å². The van der Waals surface area contributed by atoms with Crippen LogP contribution in [-0.2, 0) is 33.3 Å². The van der Waals surface area contributed by atoms with Crippen LogP contribution in [0.25, 0.3) is 0 Å². The second-order valence-corrected chi connectivity index (χ2v) is 13.4. The number of benzene rings is 1. The molecule has 42 heavy (non-hydrogen) atoms. The number of cyclic esters (lactones) is 1. The fourth-order valence-electron chi connectivity index (χ4n) is 6.97. The molecule has 0 aromatic heterocycles. The van der Waals surface area contributed by atoms with Crippen LogP contribution in [0.4, 0.5) is 0 Å². The van der Waals surface area contributed by atoms with Crippen LogP contribution in [0.1, 0.15) is 91.7 Å². The highest BCUT2D eigenvalue weighted by atomic mass is 16.8. The van der Waals surface area contributed by atoms with Gasteiger partial charge in [0.2, 0.25) is 0 Å². The molecule has 3 saturated heterocycles. The van der Waals surface area contributed by atoms with Crippen molar-refractivity contribution < 1.29 is 48.6 Å². The van der Waals surface area contributed by atoms with Crippen molar-refractivity contribution in [3.05, 3.63) is 29.8 Å². The molecule has 0 aliphatic carbocycles. The van der Waals surface area contributed by atoms with Crippen LogP contribution in [-0.4, -0.2) is 70.4 Å². The van der Waals surface area contributed by atoms with Gasteiger partial charge < -0.3 is 39.0 Å². The largest absolute Gasteiger partial charge is 0.508 e. The minimum Gasteiger partial charge on any atom is -0.508 e. The minimum atomic E-state index is -1.88. The Morgan fingerprint density at radius 2 is 1.79 bits per heavy atom. The fourth-order valence-corrected chi connectivity index (χ4v) is 6.97. The number of esters is 2. The summed E-state index contributed by atoms with van der Waals surface area (Å²) in [5.74, 6) is -5.11. The lowest BCUT2D eigenvalue weighted by Crippen LogP contribution is -2.68. The zero-order chi connectivity index (χ0) is 31.0. The number of phenols is 1. The highest BCUT2D eigenvalue weighted by Gasteiger charge is 2.64. The number of fused-ring (bicyclic) bond motifs is 2. The third kappa shape index (κ3) is 6.63. The van der Waals surface area contributed by atoms with Crippen molar-refractivity contribution in [3.8, 4) is 5.75 Å². The van der Waals surface area contributed by atoms with Gasteiger partial charge >= 0.3 is 11.9 Å². The maximum absolute atomic E-state index is 13.1. The first-order valence-electron chi connectivity index (χ1n) is 15.1. The van der Waals surface area contributed by atoms with Crippen LogP contribution in [0, 0.1) is 23.2 Å². The summed E-state index contributed by atoms with van der Waals surface area (Å²) in [7, 11) is 1.64. The van der Waals surface area contributed by atoms with Crippen molar-refractivity contribution in [3.63, 3.8) is 0 Å². The number of aliphatic hydroxyl groups is 2. The molecular weight excluding hydrogens is 544 g/mol. The van der Waals surface area contributed by atoms with Crippen LogP contribution >= 0.6 is 0 Å². The van der Waals surface area contributed by atoms with E-state index < -0.39 is 65.7 Å². The number of hydrogen-bond donors (Lipinski definition) is 3. The molecule has 236 valence electrons. The third-order valence-electron chi connectivity index (χ3n) is 9.70. The first-order valence-corrected chi connectivity index (χ1v) is 15.1. The molecule has 1 aromatic rings. The maximum Gasteiger partial charge on any atom is 0.311 e. The Morgan fingerprint density at radius 3 is 2.43 bits per heavy atom. The van der Waals surface area contributed by atoms with Crippen LogP contribution in [0.2, 0.25) is 0 Å². The lowest BCUT2D eigenvalue weighted by molar-refractivity contribution is -0.452. The first kappa shape index (κ1) is 32.7. The summed E-state index contributed by atoms with van der Waals surface area (Å²) in [6.07, 6.45) is -2.25. The molecule has 10 nitrogen and oxygen atoms in total. The number of carbonyl (C=O) groups excluding carboxylic acids is 2. The molecule has 4 rings (SSSR count). The van der Waals surface area contributed by atoms with Gasteiger partial charge in [0.05, 0.1) is 31.2 Å². The maximum atomic E-state index is 13.1. The van der Waals surface area contributed by atoms with Gasteiger partial charge in [-0.25, -0.2) is 0 Å². The van der Waals surface area contributed by atoms with Gasteiger partial charge in [0.1, 0.15) is 18.0 Å². The molecule has 0 saturated carbocycles. The lowest BCUT2D eigenvalue weighted by Gasteiger charge is -2.61. The summed E-state index contributed by atoms with van der Waals surface area (Å²) in [6, 6.07) is 7.01. The summed E-state index contributed by atoms with van der Waals surface area (Å²) >= 11 is 0. The molecule has 3 N–H and O–H groups in total. The molecule has 1 aromatic carbocycles. The summed E-state index contributed by atoms with van der Waals surface area (Å²) in [4.78, 5) is 26.1. The van der Waals surface area contributed by atoms with E-state index in [0.29, 0.717) is 19.3 Å². The van der Waals surface area contributed by atoms with Gasteiger partial charge in [-0.2, -0.15) is 0 Å². The smallest absolute Gasteiger partial charge is 0.311 e. The average molecular weight is 593 g/mol. The van der Waals surface area contributed by atoms with Gasteiger partial charge in [0.25, 0.3) is 0 Å². The molecule has 3 aliphatic rings. The average Bonchev–Trinajstić information content (AvgIpc) is 2.88. The number of aromatic hydroxyl groups is 1. The van der Waals surface area contributed by atoms with E-state index in [4.69, 9.17) is 23.7 Å². The van der Waals surface area contributed by atoms with Gasteiger partial charge in [-0.1, -0.05) is 46.8 Å². The van der Waals surface area contributed by atoms with Crippen LogP contribution in [0.5, 0.6) is 5.75 Å². The van der Waals surface area contributed by atoms with Gasteiger partial charge in [-0.3, -0.25) is 9.59 Å². The second-order valence-electron chi connectivity index (χ2n) is 13.4. The zero-order valence-electron chi connectivity index (χ0n) is 25.9. The van der Waals surface area contributed by atoms with Crippen LogP contribution in [0.3, 0.4) is 0 Å². The van der Waals surface area contributed by atoms with Gasteiger partial charge in [0, 0.05) is 30.8 Å². The van der Waals surface area contributed by atoms with E-state index in [9.17, 15) is 24.9 Å². The normalized spacial score (nSPS) is 37.3. The fraction of sp³-hybridized carbons (Fsp3) is 0.750. The number of hydrogen-bond acceptors (Lipinski definition) is 10. The van der Waals surface area contributed by atoms with Gasteiger partial charge in [-0.15, -0.1) is 0 Å². The van der Waals surface area contributed by atoms with Crippen LogP contribution < -0.4 is 0 Å². The first-order chi connectivity index (χ1) is 19.6. The van der Waals surface area contributed by atoms with E-state index in [1.807, 2.05) is 33.8 Å². The van der Waals surface area contributed by atoms with Crippen molar-refractivity contribution in [2.45, 2.75) is 122 Å². The highest BCUT2D eigenvalue weighted by molar-refractivity contribution is 5.73. The number of methoxy groups -OCH3 is 1. The zero-order valence-corrected chi connectivity index (χ0v) is 25.9. The minimum absolute atomic E-state index is 0.0386. The summed E-state index contributed by atoms with van der Waals surface area (Å²) < 4.78 is 30.6. The molecular formula is C32H48O10. The predicted octanol–water partition coefficient (Wildman–Crippen LogP) is 4.39. The summed E-state index contributed by atoms with van der Waals surface area (Å²) in [5.41, 5.74) is 0.268. The van der Waals surface area contributed by atoms with E-state index >= 15 is 0 Å². The summed E-state index contributed by atoms with van der Waals surface area (Å²) in [6.45, 7) is 11.3. The van der Waals surface area contributed by atoms with Crippen molar-refractivity contribution in [2.24, 2.45) is 23.2 Å².